The lowest BCUT2D eigenvalue weighted by molar-refractivity contribution is 0.507. The molecule has 0 aliphatic rings. The molecule has 1 aromatic carbocycles. The molecule has 1 aromatic heterocycles. The Morgan fingerprint density at radius 2 is 1.94 bits per heavy atom. The summed E-state index contributed by atoms with van der Waals surface area (Å²) in [5.74, 6) is 0.656. The Labute approximate surface area is 113 Å². The molecule has 0 fully saturated rings. The smallest absolute Gasteiger partial charge is 0.134 e. The van der Waals surface area contributed by atoms with Gasteiger partial charge >= 0.3 is 0 Å². The van der Waals surface area contributed by atoms with Gasteiger partial charge < -0.3 is 5.73 Å². The first-order chi connectivity index (χ1) is 8.58. The highest BCUT2D eigenvalue weighted by Gasteiger charge is 2.13. The van der Waals surface area contributed by atoms with Crippen LogP contribution in [0, 0.1) is 5.92 Å². The van der Waals surface area contributed by atoms with Gasteiger partial charge in [0.2, 0.25) is 0 Å². The summed E-state index contributed by atoms with van der Waals surface area (Å²) < 4.78 is 0. The maximum Gasteiger partial charge on any atom is 0.134 e. The van der Waals surface area contributed by atoms with Crippen LogP contribution in [0.1, 0.15) is 38.3 Å². The summed E-state index contributed by atoms with van der Waals surface area (Å²) in [7, 11) is 0. The van der Waals surface area contributed by atoms with Crippen LogP contribution in [-0.2, 0) is 0 Å². The first kappa shape index (κ1) is 13.3. The standard InChI is InChI=1S/C15H19ClN2/c1-10(2)7-8-13(17)12-9-11-5-3-4-6-14(11)18-15(12)16/h3-6,9-10,13H,7-8,17H2,1-2H3/t13-/m1/s1. The van der Waals surface area contributed by atoms with Crippen LogP contribution in [0.25, 0.3) is 10.9 Å². The first-order valence-electron chi connectivity index (χ1n) is 6.38. The molecule has 0 unspecified atom stereocenters. The van der Waals surface area contributed by atoms with Crippen LogP contribution in [0.15, 0.2) is 30.3 Å². The van der Waals surface area contributed by atoms with Crippen molar-refractivity contribution < 1.29 is 0 Å². The van der Waals surface area contributed by atoms with E-state index in [4.69, 9.17) is 17.3 Å². The number of hydrogen-bond donors (Lipinski definition) is 1. The quantitative estimate of drug-likeness (QED) is 0.834. The molecular weight excluding hydrogens is 244 g/mol. The molecule has 0 amide bonds. The van der Waals surface area contributed by atoms with Gasteiger partial charge in [-0.15, -0.1) is 0 Å². The molecule has 0 aliphatic heterocycles. The molecule has 96 valence electrons. The highest BCUT2D eigenvalue weighted by Crippen LogP contribution is 2.27. The predicted molar refractivity (Wildman–Crippen MR) is 77.8 cm³/mol. The maximum absolute atomic E-state index is 6.22. The van der Waals surface area contributed by atoms with Crippen LogP contribution in [0.2, 0.25) is 5.15 Å². The second kappa shape index (κ2) is 5.68. The third kappa shape index (κ3) is 3.01. The average Bonchev–Trinajstić information content (AvgIpc) is 2.35. The Hall–Kier alpha value is -1.12. The van der Waals surface area contributed by atoms with Gasteiger partial charge in [-0.25, -0.2) is 4.98 Å². The monoisotopic (exact) mass is 262 g/mol. The zero-order chi connectivity index (χ0) is 13.1. The molecule has 1 heterocycles. The molecule has 2 aromatic rings. The number of aromatic nitrogens is 1. The van der Waals surface area contributed by atoms with Crippen molar-refractivity contribution in [2.75, 3.05) is 0 Å². The van der Waals surface area contributed by atoms with Gasteiger partial charge in [-0.05, 0) is 30.9 Å². The van der Waals surface area contributed by atoms with E-state index >= 15 is 0 Å². The normalized spacial score (nSPS) is 13.2. The number of pyridine rings is 1. The molecule has 2 nitrogen and oxygen atoms in total. The van der Waals surface area contributed by atoms with Crippen molar-refractivity contribution in [3.8, 4) is 0 Å². The SMILES string of the molecule is CC(C)CC[C@@H](N)c1cc2ccccc2nc1Cl. The van der Waals surface area contributed by atoms with Crippen LogP contribution >= 0.6 is 11.6 Å². The zero-order valence-corrected chi connectivity index (χ0v) is 11.6. The van der Waals surface area contributed by atoms with Gasteiger partial charge in [0.05, 0.1) is 5.52 Å². The summed E-state index contributed by atoms with van der Waals surface area (Å²) in [5.41, 5.74) is 8.08. The van der Waals surface area contributed by atoms with Crippen LogP contribution in [0.5, 0.6) is 0 Å². The summed E-state index contributed by atoms with van der Waals surface area (Å²) >= 11 is 6.22. The van der Waals surface area contributed by atoms with E-state index in [1.54, 1.807) is 0 Å². The Kier molecular flexibility index (Phi) is 4.20. The number of nitrogens with zero attached hydrogens (tertiary/aromatic N) is 1. The second-order valence-corrected chi connectivity index (χ2v) is 5.50. The number of nitrogens with two attached hydrogens (primary N) is 1. The molecule has 3 heteroatoms. The molecule has 2 rings (SSSR count). The Morgan fingerprint density at radius 1 is 1.22 bits per heavy atom. The summed E-state index contributed by atoms with van der Waals surface area (Å²) in [4.78, 5) is 4.41. The minimum absolute atomic E-state index is 0.0305. The Bertz CT molecular complexity index is 537. The lowest BCUT2D eigenvalue weighted by Crippen LogP contribution is -2.12. The predicted octanol–water partition coefficient (Wildman–Crippen LogP) is 4.32. The molecule has 0 bridgehead atoms. The van der Waals surface area contributed by atoms with E-state index in [1.807, 2.05) is 24.3 Å². The molecule has 0 spiro atoms. The Morgan fingerprint density at radius 3 is 2.67 bits per heavy atom. The van der Waals surface area contributed by atoms with Crippen molar-refractivity contribution >= 4 is 22.5 Å². The van der Waals surface area contributed by atoms with Gasteiger partial charge in [-0.2, -0.15) is 0 Å². The third-order valence-electron chi connectivity index (χ3n) is 3.16. The maximum atomic E-state index is 6.22. The molecular formula is C15H19ClN2. The van der Waals surface area contributed by atoms with Crippen LogP contribution in [0.4, 0.5) is 0 Å². The molecule has 1 atom stereocenters. The van der Waals surface area contributed by atoms with Gasteiger partial charge in [-0.3, -0.25) is 0 Å². The van der Waals surface area contributed by atoms with E-state index in [0.717, 1.165) is 29.3 Å². The minimum Gasteiger partial charge on any atom is -0.324 e. The molecule has 0 radical (unpaired) electrons. The molecule has 0 saturated carbocycles. The van der Waals surface area contributed by atoms with E-state index < -0.39 is 0 Å². The number of halogens is 1. The van der Waals surface area contributed by atoms with Crippen molar-refractivity contribution in [1.29, 1.82) is 0 Å². The molecule has 18 heavy (non-hydrogen) atoms. The molecule has 0 aliphatic carbocycles. The Balaban J connectivity index is 2.29. The lowest BCUT2D eigenvalue weighted by Gasteiger charge is -2.15. The largest absolute Gasteiger partial charge is 0.324 e. The number of fused-ring (bicyclic) bond motifs is 1. The summed E-state index contributed by atoms with van der Waals surface area (Å²) in [6.45, 7) is 4.40. The van der Waals surface area contributed by atoms with Gasteiger partial charge in [0.1, 0.15) is 5.15 Å². The van der Waals surface area contributed by atoms with Crippen LogP contribution < -0.4 is 5.73 Å². The van der Waals surface area contributed by atoms with Gasteiger partial charge in [0, 0.05) is 17.0 Å². The van der Waals surface area contributed by atoms with Crippen molar-refractivity contribution in [1.82, 2.24) is 4.98 Å². The lowest BCUT2D eigenvalue weighted by atomic mass is 9.98. The van der Waals surface area contributed by atoms with Gasteiger partial charge in [0.15, 0.2) is 0 Å². The van der Waals surface area contributed by atoms with E-state index in [2.05, 4.69) is 24.9 Å². The van der Waals surface area contributed by atoms with Gasteiger partial charge in [0.25, 0.3) is 0 Å². The fourth-order valence-electron chi connectivity index (χ4n) is 2.04. The highest BCUT2D eigenvalue weighted by atomic mass is 35.5. The first-order valence-corrected chi connectivity index (χ1v) is 6.76. The van der Waals surface area contributed by atoms with E-state index in [-0.39, 0.29) is 6.04 Å². The average molecular weight is 263 g/mol. The molecule has 0 saturated heterocycles. The topological polar surface area (TPSA) is 38.9 Å². The van der Waals surface area contributed by atoms with Crippen molar-refractivity contribution in [3.63, 3.8) is 0 Å². The third-order valence-corrected chi connectivity index (χ3v) is 3.46. The highest BCUT2D eigenvalue weighted by molar-refractivity contribution is 6.30. The minimum atomic E-state index is -0.0305. The van der Waals surface area contributed by atoms with Crippen molar-refractivity contribution in [3.05, 3.63) is 41.0 Å². The fraction of sp³-hybridized carbons (Fsp3) is 0.400. The van der Waals surface area contributed by atoms with E-state index in [1.165, 1.54) is 0 Å². The number of hydrogen-bond acceptors (Lipinski definition) is 2. The number of benzene rings is 1. The number of para-hydroxylation sites is 1. The van der Waals surface area contributed by atoms with E-state index in [9.17, 15) is 0 Å². The van der Waals surface area contributed by atoms with Crippen LogP contribution in [0.3, 0.4) is 0 Å². The van der Waals surface area contributed by atoms with Crippen LogP contribution in [-0.4, -0.2) is 4.98 Å². The number of rotatable bonds is 4. The summed E-state index contributed by atoms with van der Waals surface area (Å²) in [6, 6.07) is 10.0. The molecule has 2 N–H and O–H groups in total. The zero-order valence-electron chi connectivity index (χ0n) is 10.9. The van der Waals surface area contributed by atoms with Crippen molar-refractivity contribution in [2.24, 2.45) is 11.7 Å². The van der Waals surface area contributed by atoms with E-state index in [0.29, 0.717) is 11.1 Å². The summed E-state index contributed by atoms with van der Waals surface area (Å²) in [6.07, 6.45) is 2.04. The van der Waals surface area contributed by atoms with Crippen molar-refractivity contribution in [2.45, 2.75) is 32.7 Å². The van der Waals surface area contributed by atoms with Gasteiger partial charge in [-0.1, -0.05) is 43.6 Å². The second-order valence-electron chi connectivity index (χ2n) is 5.14. The fourth-order valence-corrected chi connectivity index (χ4v) is 2.32. The summed E-state index contributed by atoms with van der Waals surface area (Å²) in [5, 5.41) is 1.63.